The van der Waals surface area contributed by atoms with Crippen molar-refractivity contribution in [2.45, 2.75) is 38.2 Å². The van der Waals surface area contributed by atoms with Gasteiger partial charge in [0.05, 0.1) is 12.7 Å². The van der Waals surface area contributed by atoms with Crippen LogP contribution in [0.2, 0.25) is 0 Å². The van der Waals surface area contributed by atoms with Gasteiger partial charge in [-0.2, -0.15) is 0 Å². The molecule has 1 N–H and O–H groups in total. The molecule has 2 heteroatoms. The normalized spacial score (nSPS) is 30.1. The topological polar surface area (TPSA) is 29.5 Å². The van der Waals surface area contributed by atoms with Gasteiger partial charge in [0, 0.05) is 0 Å². The van der Waals surface area contributed by atoms with Gasteiger partial charge in [0.25, 0.3) is 0 Å². The molecule has 0 aliphatic heterocycles. The Morgan fingerprint density at radius 3 is 2.94 bits per heavy atom. The predicted molar refractivity (Wildman–Crippen MR) is 64.5 cm³/mol. The van der Waals surface area contributed by atoms with Gasteiger partial charge in [-0.3, -0.25) is 0 Å². The van der Waals surface area contributed by atoms with Gasteiger partial charge in [-0.15, -0.1) is 0 Å². The molecule has 0 bridgehead atoms. The van der Waals surface area contributed by atoms with Crippen LogP contribution in [0.25, 0.3) is 0 Å². The van der Waals surface area contributed by atoms with Crippen LogP contribution < -0.4 is 4.74 Å². The van der Waals surface area contributed by atoms with Gasteiger partial charge >= 0.3 is 0 Å². The third-order valence-corrected chi connectivity index (χ3v) is 3.58. The minimum absolute atomic E-state index is 0.602. The fourth-order valence-electron chi connectivity index (χ4n) is 2.70. The molecule has 0 aromatic heterocycles. The number of rotatable bonds is 2. The van der Waals surface area contributed by atoms with Gasteiger partial charge in [-0.1, -0.05) is 25.5 Å². The third-order valence-electron chi connectivity index (χ3n) is 3.58. The summed E-state index contributed by atoms with van der Waals surface area (Å²) in [6, 6.07) is 7.82. The van der Waals surface area contributed by atoms with Crippen LogP contribution in [0.3, 0.4) is 0 Å². The first-order valence-corrected chi connectivity index (χ1v) is 6.01. The second-order valence-corrected chi connectivity index (χ2v) is 4.97. The molecule has 0 saturated heterocycles. The first-order valence-electron chi connectivity index (χ1n) is 6.01. The van der Waals surface area contributed by atoms with Gasteiger partial charge < -0.3 is 9.84 Å². The first kappa shape index (κ1) is 11.5. The largest absolute Gasteiger partial charge is 0.497 e. The summed E-state index contributed by atoms with van der Waals surface area (Å²) in [5, 5.41) is 10.7. The van der Waals surface area contributed by atoms with Crippen LogP contribution >= 0.6 is 0 Å². The van der Waals surface area contributed by atoms with E-state index in [1.165, 1.54) is 6.42 Å². The molecule has 0 radical (unpaired) electrons. The smallest absolute Gasteiger partial charge is 0.119 e. The van der Waals surface area contributed by atoms with E-state index in [1.807, 2.05) is 24.3 Å². The molecule has 1 aliphatic rings. The number of hydrogen-bond acceptors (Lipinski definition) is 2. The maximum Gasteiger partial charge on any atom is 0.119 e. The lowest BCUT2D eigenvalue weighted by Crippen LogP contribution is -2.31. The van der Waals surface area contributed by atoms with E-state index in [-0.39, 0.29) is 0 Å². The molecule has 1 aromatic carbocycles. The molecular weight excluding hydrogens is 200 g/mol. The molecule has 1 fully saturated rings. The summed E-state index contributed by atoms with van der Waals surface area (Å²) >= 11 is 0. The Balaban J connectivity index is 2.27. The Kier molecular flexibility index (Phi) is 3.20. The van der Waals surface area contributed by atoms with Crippen molar-refractivity contribution in [1.82, 2.24) is 0 Å². The van der Waals surface area contributed by atoms with Crippen LogP contribution in [0.4, 0.5) is 0 Å². The van der Waals surface area contributed by atoms with Crippen LogP contribution in [-0.4, -0.2) is 12.2 Å². The average molecular weight is 220 g/mol. The van der Waals surface area contributed by atoms with Crippen LogP contribution in [0.1, 0.15) is 38.2 Å². The van der Waals surface area contributed by atoms with Crippen molar-refractivity contribution in [3.8, 4) is 5.75 Å². The first-order chi connectivity index (χ1) is 7.64. The Morgan fingerprint density at radius 2 is 2.25 bits per heavy atom. The Bertz CT molecular complexity index is 362. The SMILES string of the molecule is COc1cccc(C2(O)CCCC(C)C2)c1. The molecule has 16 heavy (non-hydrogen) atoms. The van der Waals surface area contributed by atoms with Crippen LogP contribution in [0.5, 0.6) is 5.75 Å². The molecule has 1 saturated carbocycles. The van der Waals surface area contributed by atoms with Crippen molar-refractivity contribution in [1.29, 1.82) is 0 Å². The van der Waals surface area contributed by atoms with E-state index in [9.17, 15) is 5.11 Å². The molecule has 0 spiro atoms. The van der Waals surface area contributed by atoms with Crippen molar-refractivity contribution in [2.75, 3.05) is 7.11 Å². The molecule has 1 aromatic rings. The Labute approximate surface area is 97.3 Å². The van der Waals surface area contributed by atoms with Crippen molar-refractivity contribution < 1.29 is 9.84 Å². The van der Waals surface area contributed by atoms with Crippen LogP contribution in [-0.2, 0) is 5.60 Å². The second kappa shape index (κ2) is 4.46. The molecule has 2 unspecified atom stereocenters. The summed E-state index contributed by atoms with van der Waals surface area (Å²) in [4.78, 5) is 0. The van der Waals surface area contributed by atoms with Gasteiger partial charge in [-0.25, -0.2) is 0 Å². The summed E-state index contributed by atoms with van der Waals surface area (Å²) in [5.74, 6) is 1.43. The fourth-order valence-corrected chi connectivity index (χ4v) is 2.70. The second-order valence-electron chi connectivity index (χ2n) is 4.97. The number of methoxy groups -OCH3 is 1. The van der Waals surface area contributed by atoms with Gasteiger partial charge in [0.2, 0.25) is 0 Å². The molecule has 2 rings (SSSR count). The third kappa shape index (κ3) is 2.22. The van der Waals surface area contributed by atoms with E-state index < -0.39 is 5.60 Å². The minimum atomic E-state index is -0.647. The maximum absolute atomic E-state index is 10.7. The fraction of sp³-hybridized carbons (Fsp3) is 0.571. The molecular formula is C14H20O2. The summed E-state index contributed by atoms with van der Waals surface area (Å²) in [6.45, 7) is 2.21. The summed E-state index contributed by atoms with van der Waals surface area (Å²) in [6.07, 6.45) is 4.06. The van der Waals surface area contributed by atoms with Crippen LogP contribution in [0.15, 0.2) is 24.3 Å². The molecule has 2 nitrogen and oxygen atoms in total. The zero-order valence-corrected chi connectivity index (χ0v) is 10.1. The lowest BCUT2D eigenvalue weighted by atomic mass is 9.75. The number of benzene rings is 1. The monoisotopic (exact) mass is 220 g/mol. The standard InChI is InChI=1S/C14H20O2/c1-11-5-4-8-14(15,10-11)12-6-3-7-13(9-12)16-2/h3,6-7,9,11,15H,4-5,8,10H2,1-2H3. The summed E-state index contributed by atoms with van der Waals surface area (Å²) in [5.41, 5.74) is 0.352. The highest BCUT2D eigenvalue weighted by atomic mass is 16.5. The molecule has 2 atom stereocenters. The molecule has 0 heterocycles. The molecule has 0 amide bonds. The Morgan fingerprint density at radius 1 is 1.44 bits per heavy atom. The van der Waals surface area contributed by atoms with E-state index >= 15 is 0 Å². The Hall–Kier alpha value is -1.02. The minimum Gasteiger partial charge on any atom is -0.497 e. The average Bonchev–Trinajstić information content (AvgIpc) is 2.29. The summed E-state index contributed by atoms with van der Waals surface area (Å²) in [7, 11) is 1.66. The van der Waals surface area contributed by atoms with E-state index in [2.05, 4.69) is 6.92 Å². The maximum atomic E-state index is 10.7. The van der Waals surface area contributed by atoms with Gasteiger partial charge in [0.15, 0.2) is 0 Å². The van der Waals surface area contributed by atoms with E-state index in [4.69, 9.17) is 4.74 Å². The highest BCUT2D eigenvalue weighted by Gasteiger charge is 2.34. The lowest BCUT2D eigenvalue weighted by molar-refractivity contribution is -0.0180. The summed E-state index contributed by atoms with van der Waals surface area (Å²) < 4.78 is 5.21. The van der Waals surface area contributed by atoms with E-state index in [0.717, 1.165) is 30.6 Å². The zero-order chi connectivity index (χ0) is 11.6. The van der Waals surface area contributed by atoms with Crippen LogP contribution in [0, 0.1) is 5.92 Å². The van der Waals surface area contributed by atoms with Crippen molar-refractivity contribution >= 4 is 0 Å². The van der Waals surface area contributed by atoms with E-state index in [0.29, 0.717) is 5.92 Å². The van der Waals surface area contributed by atoms with Crippen molar-refractivity contribution in [2.24, 2.45) is 5.92 Å². The van der Waals surface area contributed by atoms with E-state index in [1.54, 1.807) is 7.11 Å². The highest BCUT2D eigenvalue weighted by Crippen LogP contribution is 2.40. The number of aliphatic hydroxyl groups is 1. The molecule has 1 aliphatic carbocycles. The van der Waals surface area contributed by atoms with Gasteiger partial charge in [0.1, 0.15) is 5.75 Å². The lowest BCUT2D eigenvalue weighted by Gasteiger charge is -2.36. The quantitative estimate of drug-likeness (QED) is 0.830. The zero-order valence-electron chi connectivity index (χ0n) is 10.1. The van der Waals surface area contributed by atoms with Crippen molar-refractivity contribution in [3.05, 3.63) is 29.8 Å². The molecule has 88 valence electrons. The van der Waals surface area contributed by atoms with Crippen molar-refractivity contribution in [3.63, 3.8) is 0 Å². The highest BCUT2D eigenvalue weighted by molar-refractivity contribution is 5.32. The predicted octanol–water partition coefficient (Wildman–Crippen LogP) is 3.09. The van der Waals surface area contributed by atoms with Gasteiger partial charge in [-0.05, 0) is 42.9 Å². The number of hydrogen-bond donors (Lipinski definition) is 1. The number of ether oxygens (including phenoxy) is 1.